The Labute approximate surface area is 108 Å². The van der Waals surface area contributed by atoms with E-state index in [2.05, 4.69) is 0 Å². The Morgan fingerprint density at radius 2 is 2.06 bits per heavy atom. The van der Waals surface area contributed by atoms with Crippen LogP contribution in [-0.4, -0.2) is 17.7 Å². The molecule has 0 unspecified atom stereocenters. The molecule has 0 aromatic heterocycles. The van der Waals surface area contributed by atoms with E-state index in [4.69, 9.17) is 9.84 Å². The lowest BCUT2D eigenvalue weighted by Gasteiger charge is -2.15. The largest absolute Gasteiger partial charge is 0.493 e. The average molecular weight is 248 g/mol. The third-order valence-corrected chi connectivity index (χ3v) is 2.63. The number of carboxylic acid groups (broad SMARTS) is 1. The average Bonchev–Trinajstić information content (AvgIpc) is 2.26. The molecule has 0 aliphatic rings. The summed E-state index contributed by atoms with van der Waals surface area (Å²) in [4.78, 5) is 10.8. The van der Waals surface area contributed by atoms with Crippen molar-refractivity contribution < 1.29 is 14.6 Å². The Morgan fingerprint density at radius 3 is 2.61 bits per heavy atom. The fourth-order valence-corrected chi connectivity index (χ4v) is 1.91. The fraction of sp³-hybridized carbons (Fsp3) is 0.400. The first kappa shape index (κ1) is 14.3. The SMILES string of the molecule is CCCOc1c(C)cc(C)cc1/C(C)=C/C(=O)O. The van der Waals surface area contributed by atoms with Gasteiger partial charge in [-0.15, -0.1) is 0 Å². The van der Waals surface area contributed by atoms with Crippen LogP contribution in [0, 0.1) is 13.8 Å². The van der Waals surface area contributed by atoms with Gasteiger partial charge < -0.3 is 9.84 Å². The van der Waals surface area contributed by atoms with Crippen LogP contribution < -0.4 is 4.74 Å². The molecule has 98 valence electrons. The predicted molar refractivity (Wildman–Crippen MR) is 73.0 cm³/mol. The van der Waals surface area contributed by atoms with Gasteiger partial charge in [0.25, 0.3) is 0 Å². The number of benzene rings is 1. The van der Waals surface area contributed by atoms with Crippen LogP contribution in [0.3, 0.4) is 0 Å². The summed E-state index contributed by atoms with van der Waals surface area (Å²) in [5, 5.41) is 8.83. The number of aliphatic carboxylic acids is 1. The molecular formula is C15H20O3. The van der Waals surface area contributed by atoms with Crippen molar-refractivity contribution in [1.82, 2.24) is 0 Å². The highest BCUT2D eigenvalue weighted by Crippen LogP contribution is 2.31. The van der Waals surface area contributed by atoms with Crippen LogP contribution in [0.2, 0.25) is 0 Å². The van der Waals surface area contributed by atoms with Gasteiger partial charge in [-0.2, -0.15) is 0 Å². The van der Waals surface area contributed by atoms with Crippen molar-refractivity contribution >= 4 is 11.5 Å². The number of rotatable bonds is 5. The number of aryl methyl sites for hydroxylation is 2. The van der Waals surface area contributed by atoms with Crippen LogP contribution in [0.15, 0.2) is 18.2 Å². The van der Waals surface area contributed by atoms with Gasteiger partial charge in [0.05, 0.1) is 6.61 Å². The summed E-state index contributed by atoms with van der Waals surface area (Å²) >= 11 is 0. The van der Waals surface area contributed by atoms with Crippen molar-refractivity contribution in [3.63, 3.8) is 0 Å². The van der Waals surface area contributed by atoms with E-state index < -0.39 is 5.97 Å². The molecule has 1 aromatic carbocycles. The molecular weight excluding hydrogens is 228 g/mol. The number of hydrogen-bond acceptors (Lipinski definition) is 2. The van der Waals surface area contributed by atoms with E-state index in [-0.39, 0.29) is 0 Å². The van der Waals surface area contributed by atoms with E-state index >= 15 is 0 Å². The molecule has 1 rings (SSSR count). The summed E-state index contributed by atoms with van der Waals surface area (Å²) in [5.41, 5.74) is 3.71. The molecule has 1 aromatic rings. The summed E-state index contributed by atoms with van der Waals surface area (Å²) < 4.78 is 5.74. The summed E-state index contributed by atoms with van der Waals surface area (Å²) in [5.74, 6) is -0.148. The second-order valence-corrected chi connectivity index (χ2v) is 4.47. The van der Waals surface area contributed by atoms with E-state index in [1.165, 1.54) is 6.08 Å². The monoisotopic (exact) mass is 248 g/mol. The summed E-state index contributed by atoms with van der Waals surface area (Å²) in [6.45, 7) is 8.45. The first-order chi connectivity index (χ1) is 8.45. The van der Waals surface area contributed by atoms with Crippen molar-refractivity contribution in [2.45, 2.75) is 34.1 Å². The maximum Gasteiger partial charge on any atom is 0.328 e. The lowest BCUT2D eigenvalue weighted by molar-refractivity contribution is -0.131. The van der Waals surface area contributed by atoms with Crippen LogP contribution in [0.25, 0.3) is 5.57 Å². The van der Waals surface area contributed by atoms with Crippen molar-refractivity contribution in [1.29, 1.82) is 0 Å². The molecule has 0 fully saturated rings. The number of ether oxygens (including phenoxy) is 1. The molecule has 1 N–H and O–H groups in total. The zero-order valence-electron chi connectivity index (χ0n) is 11.4. The van der Waals surface area contributed by atoms with Crippen molar-refractivity contribution in [2.75, 3.05) is 6.61 Å². The molecule has 0 heterocycles. The van der Waals surface area contributed by atoms with Crippen LogP contribution in [0.4, 0.5) is 0 Å². The molecule has 3 nitrogen and oxygen atoms in total. The number of carbonyl (C=O) groups is 1. The zero-order chi connectivity index (χ0) is 13.7. The molecule has 0 aliphatic carbocycles. The summed E-state index contributed by atoms with van der Waals surface area (Å²) in [6, 6.07) is 4.01. The zero-order valence-corrected chi connectivity index (χ0v) is 11.4. The smallest absolute Gasteiger partial charge is 0.328 e. The molecule has 0 atom stereocenters. The molecule has 3 heteroatoms. The Hall–Kier alpha value is -1.77. The summed E-state index contributed by atoms with van der Waals surface area (Å²) in [7, 11) is 0. The molecule has 0 aliphatic heterocycles. The number of hydrogen-bond donors (Lipinski definition) is 1. The highest BCUT2D eigenvalue weighted by Gasteiger charge is 2.11. The van der Waals surface area contributed by atoms with Gasteiger partial charge in [0.2, 0.25) is 0 Å². The number of allylic oxidation sites excluding steroid dienone is 1. The Bertz CT molecular complexity index is 473. The lowest BCUT2D eigenvalue weighted by Crippen LogP contribution is -2.02. The second-order valence-electron chi connectivity index (χ2n) is 4.47. The van der Waals surface area contributed by atoms with Crippen molar-refractivity contribution in [2.24, 2.45) is 0 Å². The fourth-order valence-electron chi connectivity index (χ4n) is 1.91. The topological polar surface area (TPSA) is 46.5 Å². The standard InChI is InChI=1S/C15H20O3/c1-5-6-18-15-12(4)7-10(2)8-13(15)11(3)9-14(16)17/h7-9H,5-6H2,1-4H3,(H,16,17)/b11-9+. The normalized spacial score (nSPS) is 11.4. The molecule has 18 heavy (non-hydrogen) atoms. The highest BCUT2D eigenvalue weighted by atomic mass is 16.5. The van der Waals surface area contributed by atoms with E-state index in [9.17, 15) is 4.79 Å². The van der Waals surface area contributed by atoms with Crippen molar-refractivity contribution in [3.8, 4) is 5.75 Å². The van der Waals surface area contributed by atoms with Crippen LogP contribution in [-0.2, 0) is 4.79 Å². The van der Waals surface area contributed by atoms with Gasteiger partial charge >= 0.3 is 5.97 Å². The minimum Gasteiger partial charge on any atom is -0.493 e. The maximum absolute atomic E-state index is 10.8. The second kappa shape index (κ2) is 6.24. The van der Waals surface area contributed by atoms with E-state index in [0.717, 1.165) is 28.9 Å². The highest BCUT2D eigenvalue weighted by molar-refractivity contribution is 5.90. The van der Waals surface area contributed by atoms with E-state index in [1.54, 1.807) is 6.92 Å². The minimum atomic E-state index is -0.937. The van der Waals surface area contributed by atoms with Gasteiger partial charge in [0, 0.05) is 11.6 Å². The molecule has 0 spiro atoms. The van der Waals surface area contributed by atoms with Gasteiger partial charge in [-0.25, -0.2) is 4.79 Å². The van der Waals surface area contributed by atoms with Gasteiger partial charge in [0.1, 0.15) is 5.75 Å². The predicted octanol–water partition coefficient (Wildman–Crippen LogP) is 3.58. The molecule has 0 saturated heterocycles. The molecule has 0 saturated carbocycles. The first-order valence-corrected chi connectivity index (χ1v) is 6.11. The van der Waals surface area contributed by atoms with Crippen LogP contribution >= 0.6 is 0 Å². The Morgan fingerprint density at radius 1 is 1.39 bits per heavy atom. The van der Waals surface area contributed by atoms with Crippen LogP contribution in [0.5, 0.6) is 5.75 Å². The quantitative estimate of drug-likeness (QED) is 0.810. The summed E-state index contributed by atoms with van der Waals surface area (Å²) in [6.07, 6.45) is 2.14. The van der Waals surface area contributed by atoms with Gasteiger partial charge in [-0.3, -0.25) is 0 Å². The van der Waals surface area contributed by atoms with E-state index in [0.29, 0.717) is 12.2 Å². The molecule has 0 amide bonds. The Balaban J connectivity index is 3.26. The minimum absolute atomic E-state index is 0.636. The third-order valence-electron chi connectivity index (χ3n) is 2.63. The van der Waals surface area contributed by atoms with Gasteiger partial charge in [-0.1, -0.05) is 13.0 Å². The first-order valence-electron chi connectivity index (χ1n) is 6.11. The molecule has 0 bridgehead atoms. The number of carboxylic acids is 1. The van der Waals surface area contributed by atoms with Crippen molar-refractivity contribution in [3.05, 3.63) is 34.9 Å². The van der Waals surface area contributed by atoms with Crippen LogP contribution in [0.1, 0.15) is 37.0 Å². The molecule has 0 radical (unpaired) electrons. The third kappa shape index (κ3) is 3.62. The van der Waals surface area contributed by atoms with E-state index in [1.807, 2.05) is 32.9 Å². The van der Waals surface area contributed by atoms with Gasteiger partial charge in [-0.05, 0) is 50.0 Å². The Kier molecular flexibility index (Phi) is 4.95. The van der Waals surface area contributed by atoms with Gasteiger partial charge in [0.15, 0.2) is 0 Å². The maximum atomic E-state index is 10.8. The lowest BCUT2D eigenvalue weighted by atomic mass is 10.00.